The van der Waals surface area contributed by atoms with Crippen LogP contribution in [0.4, 0.5) is 0 Å². The molecule has 2 unspecified atom stereocenters. The van der Waals surface area contributed by atoms with Gasteiger partial charge in [0.2, 0.25) is 0 Å². The second-order valence-electron chi connectivity index (χ2n) is 2.43. The van der Waals surface area contributed by atoms with Crippen LogP contribution in [0, 0.1) is 0 Å². The molecule has 0 aliphatic heterocycles. The van der Waals surface area contributed by atoms with Crippen molar-refractivity contribution in [3.63, 3.8) is 0 Å². The van der Waals surface area contributed by atoms with Gasteiger partial charge >= 0.3 is 5.97 Å². The van der Waals surface area contributed by atoms with E-state index in [1.165, 1.54) is 6.92 Å². The summed E-state index contributed by atoms with van der Waals surface area (Å²) >= 11 is 3.76. The van der Waals surface area contributed by atoms with Crippen LogP contribution in [0.15, 0.2) is 0 Å². The Hall–Kier alpha value is -0.300. The molecule has 0 aromatic carbocycles. The highest BCUT2D eigenvalue weighted by Crippen LogP contribution is 1.93. The lowest BCUT2D eigenvalue weighted by Crippen LogP contribution is -2.48. The van der Waals surface area contributed by atoms with Crippen molar-refractivity contribution >= 4 is 18.6 Å². The monoisotopic (exact) mass is 195 g/mol. The third kappa shape index (κ3) is 3.91. The van der Waals surface area contributed by atoms with E-state index in [1.54, 1.807) is 0 Å². The van der Waals surface area contributed by atoms with Gasteiger partial charge < -0.3 is 15.3 Å². The first-order valence-electron chi connectivity index (χ1n) is 3.45. The fraction of sp³-hybridized carbons (Fsp3) is 0.833. The van der Waals surface area contributed by atoms with Crippen LogP contribution < -0.4 is 5.32 Å². The summed E-state index contributed by atoms with van der Waals surface area (Å²) in [5, 5.41) is 28.6. The number of hydrogen-bond donors (Lipinski definition) is 5. The van der Waals surface area contributed by atoms with Gasteiger partial charge in [-0.1, -0.05) is 0 Å². The zero-order chi connectivity index (χ0) is 9.72. The van der Waals surface area contributed by atoms with Gasteiger partial charge in [0, 0.05) is 5.75 Å². The average Bonchev–Trinajstić information content (AvgIpc) is 1.98. The van der Waals surface area contributed by atoms with Crippen molar-refractivity contribution in [1.29, 1.82) is 0 Å². The van der Waals surface area contributed by atoms with Crippen LogP contribution in [0.3, 0.4) is 0 Å². The molecule has 0 aliphatic rings. The minimum Gasteiger partial charge on any atom is -0.480 e. The molecule has 3 atom stereocenters. The third-order valence-corrected chi connectivity index (χ3v) is 1.67. The first kappa shape index (κ1) is 11.7. The van der Waals surface area contributed by atoms with E-state index in [9.17, 15) is 4.79 Å². The summed E-state index contributed by atoms with van der Waals surface area (Å²) in [5.74, 6) is -1.05. The number of thiol groups is 1. The first-order valence-corrected chi connectivity index (χ1v) is 4.08. The summed E-state index contributed by atoms with van der Waals surface area (Å²) in [4.78, 5) is 10.4. The SMILES string of the molecule is CC(O)C(O)N[C@@H](CS)C(=O)O. The molecule has 0 spiro atoms. The summed E-state index contributed by atoms with van der Waals surface area (Å²) < 4.78 is 0. The van der Waals surface area contributed by atoms with Gasteiger partial charge in [0.1, 0.15) is 12.3 Å². The number of nitrogens with one attached hydrogen (secondary N) is 1. The Morgan fingerprint density at radius 3 is 2.33 bits per heavy atom. The standard InChI is InChI=1S/C6H13NO4S/c1-3(8)5(9)7-4(2-12)6(10)11/h3-5,7-9,12H,2H2,1H3,(H,10,11)/t3?,4-,5?/m0/s1. The molecule has 0 saturated heterocycles. The van der Waals surface area contributed by atoms with Crippen LogP contribution in [-0.2, 0) is 4.79 Å². The van der Waals surface area contributed by atoms with Crippen LogP contribution in [0.25, 0.3) is 0 Å². The van der Waals surface area contributed by atoms with E-state index in [-0.39, 0.29) is 5.75 Å². The number of rotatable bonds is 5. The average molecular weight is 195 g/mol. The summed E-state index contributed by atoms with van der Waals surface area (Å²) in [6.07, 6.45) is -2.25. The molecule has 0 fully saturated rings. The Bertz CT molecular complexity index is 152. The number of aliphatic hydroxyl groups excluding tert-OH is 2. The van der Waals surface area contributed by atoms with Crippen LogP contribution in [0.2, 0.25) is 0 Å². The molecule has 0 aromatic heterocycles. The van der Waals surface area contributed by atoms with Crippen LogP contribution in [-0.4, -0.2) is 45.4 Å². The van der Waals surface area contributed by atoms with Gasteiger partial charge in [0.25, 0.3) is 0 Å². The molecule has 0 amide bonds. The van der Waals surface area contributed by atoms with Crippen molar-refractivity contribution in [2.75, 3.05) is 5.75 Å². The zero-order valence-corrected chi connectivity index (χ0v) is 7.53. The Kier molecular flexibility index (Phi) is 5.23. The minimum atomic E-state index is -1.24. The fourth-order valence-corrected chi connectivity index (χ4v) is 0.809. The number of carboxylic acid groups (broad SMARTS) is 1. The maximum absolute atomic E-state index is 10.4. The van der Waals surface area contributed by atoms with Crippen molar-refractivity contribution < 1.29 is 20.1 Å². The second-order valence-corrected chi connectivity index (χ2v) is 2.79. The molecule has 4 N–H and O–H groups in total. The predicted molar refractivity (Wildman–Crippen MR) is 46.1 cm³/mol. The summed E-state index contributed by atoms with van der Waals surface area (Å²) in [7, 11) is 0. The number of carboxylic acids is 1. The molecule has 5 nitrogen and oxygen atoms in total. The van der Waals surface area contributed by atoms with Crippen LogP contribution in [0.5, 0.6) is 0 Å². The van der Waals surface area contributed by atoms with Gasteiger partial charge in [-0.25, -0.2) is 0 Å². The maximum atomic E-state index is 10.4. The second kappa shape index (κ2) is 5.36. The largest absolute Gasteiger partial charge is 0.480 e. The Morgan fingerprint density at radius 1 is 1.58 bits per heavy atom. The maximum Gasteiger partial charge on any atom is 0.321 e. The molecule has 0 saturated carbocycles. The topological polar surface area (TPSA) is 89.8 Å². The molecule has 12 heavy (non-hydrogen) atoms. The van der Waals surface area contributed by atoms with E-state index in [4.69, 9.17) is 15.3 Å². The lowest BCUT2D eigenvalue weighted by Gasteiger charge is -2.19. The van der Waals surface area contributed by atoms with Crippen molar-refractivity contribution in [2.24, 2.45) is 0 Å². The van der Waals surface area contributed by atoms with Crippen LogP contribution >= 0.6 is 12.6 Å². The van der Waals surface area contributed by atoms with E-state index < -0.39 is 24.3 Å². The molecular formula is C6H13NO4S. The lowest BCUT2D eigenvalue weighted by atomic mass is 10.3. The minimum absolute atomic E-state index is 0.0547. The molecule has 0 aliphatic carbocycles. The molecule has 0 bridgehead atoms. The number of aliphatic carboxylic acids is 1. The molecule has 72 valence electrons. The number of aliphatic hydroxyl groups is 2. The van der Waals surface area contributed by atoms with Gasteiger partial charge in [-0.15, -0.1) is 0 Å². The van der Waals surface area contributed by atoms with E-state index >= 15 is 0 Å². The highest BCUT2D eigenvalue weighted by Gasteiger charge is 2.20. The van der Waals surface area contributed by atoms with E-state index in [1.807, 2.05) is 0 Å². The lowest BCUT2D eigenvalue weighted by molar-refractivity contribution is -0.140. The Labute approximate surface area is 75.8 Å². The van der Waals surface area contributed by atoms with Crippen molar-refractivity contribution in [3.05, 3.63) is 0 Å². The fourth-order valence-electron chi connectivity index (χ4n) is 0.547. The summed E-state index contributed by atoms with van der Waals surface area (Å²) in [6, 6.07) is -0.946. The normalized spacial score (nSPS) is 18.3. The molecule has 0 aromatic rings. The molecular weight excluding hydrogens is 182 g/mol. The Morgan fingerprint density at radius 2 is 2.08 bits per heavy atom. The van der Waals surface area contributed by atoms with Crippen molar-refractivity contribution in [1.82, 2.24) is 5.32 Å². The highest BCUT2D eigenvalue weighted by atomic mass is 32.1. The van der Waals surface area contributed by atoms with Crippen LogP contribution in [0.1, 0.15) is 6.92 Å². The van der Waals surface area contributed by atoms with Gasteiger partial charge in [-0.2, -0.15) is 12.6 Å². The number of carbonyl (C=O) groups is 1. The summed E-state index contributed by atoms with van der Waals surface area (Å²) in [5.41, 5.74) is 0. The van der Waals surface area contributed by atoms with Gasteiger partial charge in [0.05, 0.1) is 6.10 Å². The Balaban J connectivity index is 3.94. The van der Waals surface area contributed by atoms with E-state index in [2.05, 4.69) is 17.9 Å². The molecule has 0 rings (SSSR count). The number of hydrogen-bond acceptors (Lipinski definition) is 5. The predicted octanol–water partition coefficient (Wildman–Crippen LogP) is -1.34. The highest BCUT2D eigenvalue weighted by molar-refractivity contribution is 7.80. The molecule has 0 radical (unpaired) electrons. The quantitative estimate of drug-likeness (QED) is 0.277. The molecule has 0 heterocycles. The van der Waals surface area contributed by atoms with Crippen molar-refractivity contribution in [3.8, 4) is 0 Å². The van der Waals surface area contributed by atoms with Gasteiger partial charge in [-0.3, -0.25) is 10.1 Å². The van der Waals surface area contributed by atoms with E-state index in [0.717, 1.165) is 0 Å². The summed E-state index contributed by atoms with van der Waals surface area (Å²) in [6.45, 7) is 1.36. The third-order valence-electron chi connectivity index (χ3n) is 1.31. The first-order chi connectivity index (χ1) is 5.49. The van der Waals surface area contributed by atoms with E-state index in [0.29, 0.717) is 0 Å². The van der Waals surface area contributed by atoms with Gasteiger partial charge in [0.15, 0.2) is 0 Å². The van der Waals surface area contributed by atoms with Gasteiger partial charge in [-0.05, 0) is 6.92 Å². The molecule has 6 heteroatoms. The zero-order valence-electron chi connectivity index (χ0n) is 6.64. The smallest absolute Gasteiger partial charge is 0.321 e. The van der Waals surface area contributed by atoms with Crippen molar-refractivity contribution in [2.45, 2.75) is 25.3 Å².